The van der Waals surface area contributed by atoms with Crippen LogP contribution in [0.1, 0.15) is 5.56 Å². The molecule has 0 unspecified atom stereocenters. The second-order valence-electron chi connectivity index (χ2n) is 2.72. The van der Waals surface area contributed by atoms with Crippen LogP contribution in [0.3, 0.4) is 0 Å². The Morgan fingerprint density at radius 1 is 1.25 bits per heavy atom. The molecule has 8 heteroatoms. The molecule has 0 bridgehead atoms. The number of hydrogen-bond acceptors (Lipinski definition) is 2. The van der Waals surface area contributed by atoms with Crippen molar-refractivity contribution in [2.45, 2.75) is 12.8 Å². The van der Waals surface area contributed by atoms with Crippen LogP contribution >= 0.6 is 11.6 Å². The lowest BCUT2D eigenvalue weighted by Crippen LogP contribution is -2.14. The molecule has 0 aliphatic rings. The van der Waals surface area contributed by atoms with Crippen molar-refractivity contribution < 1.29 is 26.7 Å². The minimum atomic E-state index is -4.92. The summed E-state index contributed by atoms with van der Waals surface area (Å²) in [6, 6.07) is 1.81. The van der Waals surface area contributed by atoms with Gasteiger partial charge in [0.1, 0.15) is 5.56 Å². The van der Waals surface area contributed by atoms with E-state index in [0.29, 0.717) is 0 Å². The molecule has 0 atom stereocenters. The molecule has 1 aromatic carbocycles. The molecular formula is C8H5ClF5NO. The van der Waals surface area contributed by atoms with E-state index in [1.54, 1.807) is 0 Å². The first-order chi connectivity index (χ1) is 7.23. The highest BCUT2D eigenvalue weighted by Gasteiger charge is 2.38. The van der Waals surface area contributed by atoms with E-state index in [9.17, 15) is 22.0 Å². The third kappa shape index (κ3) is 2.66. The molecule has 0 radical (unpaired) electrons. The number of halogens is 6. The Bertz CT molecular complexity index is 393. The van der Waals surface area contributed by atoms with E-state index in [1.165, 1.54) is 0 Å². The molecule has 0 aliphatic heterocycles. The predicted octanol–water partition coefficient (Wildman–Crippen LogP) is 3.54. The van der Waals surface area contributed by atoms with Crippen molar-refractivity contribution in [3.05, 3.63) is 22.7 Å². The average Bonchev–Trinajstić information content (AvgIpc) is 2.08. The van der Waals surface area contributed by atoms with Gasteiger partial charge >= 0.3 is 12.8 Å². The number of alkyl halides is 5. The molecule has 0 spiro atoms. The topological polar surface area (TPSA) is 35.2 Å². The highest BCUT2D eigenvalue weighted by molar-refractivity contribution is 6.32. The summed E-state index contributed by atoms with van der Waals surface area (Å²) in [5, 5.41) is -0.582. The SMILES string of the molecule is Nc1ccc(Cl)c(OC(F)F)c1C(F)(F)F. The summed E-state index contributed by atoms with van der Waals surface area (Å²) in [6.07, 6.45) is -4.92. The van der Waals surface area contributed by atoms with Crippen LogP contribution in [0.5, 0.6) is 5.75 Å². The number of nitrogens with two attached hydrogens (primary N) is 1. The lowest BCUT2D eigenvalue weighted by Gasteiger charge is -2.16. The van der Waals surface area contributed by atoms with Gasteiger partial charge in [0, 0.05) is 5.69 Å². The Labute approximate surface area is 91.7 Å². The van der Waals surface area contributed by atoms with E-state index >= 15 is 0 Å². The van der Waals surface area contributed by atoms with Crippen molar-refractivity contribution in [1.29, 1.82) is 0 Å². The number of hydrogen-bond donors (Lipinski definition) is 1. The van der Waals surface area contributed by atoms with Crippen LogP contribution in [-0.4, -0.2) is 6.61 Å². The highest BCUT2D eigenvalue weighted by atomic mass is 35.5. The van der Waals surface area contributed by atoms with Crippen LogP contribution in [0.15, 0.2) is 12.1 Å². The predicted molar refractivity (Wildman–Crippen MR) is 47.5 cm³/mol. The van der Waals surface area contributed by atoms with Gasteiger partial charge in [-0.15, -0.1) is 0 Å². The molecule has 2 nitrogen and oxygen atoms in total. The van der Waals surface area contributed by atoms with Gasteiger partial charge in [-0.2, -0.15) is 22.0 Å². The number of ether oxygens (including phenoxy) is 1. The van der Waals surface area contributed by atoms with E-state index in [1.807, 2.05) is 0 Å². The zero-order valence-electron chi connectivity index (χ0n) is 7.49. The smallest absolute Gasteiger partial charge is 0.422 e. The van der Waals surface area contributed by atoms with Gasteiger partial charge in [0.25, 0.3) is 0 Å². The summed E-state index contributed by atoms with van der Waals surface area (Å²) >= 11 is 5.34. The van der Waals surface area contributed by atoms with Crippen molar-refractivity contribution in [3.63, 3.8) is 0 Å². The second kappa shape index (κ2) is 4.32. The van der Waals surface area contributed by atoms with Crippen molar-refractivity contribution in [3.8, 4) is 5.75 Å². The number of rotatable bonds is 2. The third-order valence-corrected chi connectivity index (χ3v) is 1.93. The maximum Gasteiger partial charge on any atom is 0.422 e. The van der Waals surface area contributed by atoms with Gasteiger partial charge in [0.2, 0.25) is 0 Å². The molecule has 0 aliphatic carbocycles. The van der Waals surface area contributed by atoms with Crippen LogP contribution in [0.25, 0.3) is 0 Å². The summed E-state index contributed by atoms with van der Waals surface area (Å²) in [4.78, 5) is 0. The molecule has 1 rings (SSSR count). The molecular weight excluding hydrogens is 257 g/mol. The third-order valence-electron chi connectivity index (χ3n) is 1.63. The summed E-state index contributed by atoms with van der Waals surface area (Å²) in [5.41, 5.74) is 2.82. The van der Waals surface area contributed by atoms with Gasteiger partial charge in [-0.25, -0.2) is 0 Å². The van der Waals surface area contributed by atoms with Gasteiger partial charge in [0.05, 0.1) is 5.02 Å². The van der Waals surface area contributed by atoms with Gasteiger partial charge in [0.15, 0.2) is 5.75 Å². The molecule has 1 aromatic rings. The summed E-state index contributed by atoms with van der Waals surface area (Å²) in [6.45, 7) is -3.42. The number of benzene rings is 1. The normalized spacial score (nSPS) is 11.9. The maximum atomic E-state index is 12.5. The van der Waals surface area contributed by atoms with E-state index in [0.717, 1.165) is 12.1 Å². The fraction of sp³-hybridized carbons (Fsp3) is 0.250. The Morgan fingerprint density at radius 2 is 1.81 bits per heavy atom. The van der Waals surface area contributed by atoms with E-state index < -0.39 is 34.8 Å². The lowest BCUT2D eigenvalue weighted by atomic mass is 10.1. The van der Waals surface area contributed by atoms with Crippen molar-refractivity contribution in [2.75, 3.05) is 5.73 Å². The van der Waals surface area contributed by atoms with E-state index in [4.69, 9.17) is 17.3 Å². The van der Waals surface area contributed by atoms with Crippen molar-refractivity contribution >= 4 is 17.3 Å². The maximum absolute atomic E-state index is 12.5. The van der Waals surface area contributed by atoms with E-state index in [2.05, 4.69) is 4.74 Å². The highest BCUT2D eigenvalue weighted by Crippen LogP contribution is 2.44. The summed E-state index contributed by atoms with van der Waals surface area (Å²) in [7, 11) is 0. The van der Waals surface area contributed by atoms with Crippen LogP contribution in [-0.2, 0) is 6.18 Å². The van der Waals surface area contributed by atoms with Gasteiger partial charge < -0.3 is 10.5 Å². The van der Waals surface area contributed by atoms with Crippen LogP contribution < -0.4 is 10.5 Å². The molecule has 0 aromatic heterocycles. The largest absolute Gasteiger partial charge is 0.433 e. The van der Waals surface area contributed by atoms with E-state index in [-0.39, 0.29) is 0 Å². The lowest BCUT2D eigenvalue weighted by molar-refractivity contribution is -0.141. The second-order valence-corrected chi connectivity index (χ2v) is 3.12. The molecule has 90 valence electrons. The fourth-order valence-electron chi connectivity index (χ4n) is 1.07. The van der Waals surface area contributed by atoms with Crippen molar-refractivity contribution in [2.24, 2.45) is 0 Å². The van der Waals surface area contributed by atoms with Crippen LogP contribution in [0.4, 0.5) is 27.6 Å². The minimum absolute atomic E-state index is 0.582. The summed E-state index contributed by atoms with van der Waals surface area (Å²) in [5.74, 6) is -1.16. The molecule has 16 heavy (non-hydrogen) atoms. The van der Waals surface area contributed by atoms with Crippen LogP contribution in [0.2, 0.25) is 5.02 Å². The number of anilines is 1. The standard InChI is InChI=1S/C8H5ClF5NO/c9-3-1-2-4(15)5(8(12,13)14)6(3)16-7(10)11/h1-2,7H,15H2. The fourth-order valence-corrected chi connectivity index (χ4v) is 1.27. The van der Waals surface area contributed by atoms with Crippen LogP contribution in [0, 0.1) is 0 Å². The monoisotopic (exact) mass is 261 g/mol. The first kappa shape index (κ1) is 12.8. The zero-order valence-corrected chi connectivity index (χ0v) is 8.24. The quantitative estimate of drug-likeness (QED) is 0.653. The van der Waals surface area contributed by atoms with Crippen molar-refractivity contribution in [1.82, 2.24) is 0 Å². The molecule has 0 fully saturated rings. The Hall–Kier alpha value is -1.24. The molecule has 2 N–H and O–H groups in total. The first-order valence-electron chi connectivity index (χ1n) is 3.83. The first-order valence-corrected chi connectivity index (χ1v) is 4.21. The Morgan fingerprint density at radius 3 is 2.25 bits per heavy atom. The summed E-state index contributed by atoms with van der Waals surface area (Å²) < 4.78 is 65.0. The van der Waals surface area contributed by atoms with Gasteiger partial charge in [-0.3, -0.25) is 0 Å². The minimum Gasteiger partial charge on any atom is -0.433 e. The molecule has 0 heterocycles. The van der Waals surface area contributed by atoms with Gasteiger partial charge in [-0.1, -0.05) is 11.6 Å². The zero-order chi connectivity index (χ0) is 12.5. The number of nitrogen functional groups attached to an aromatic ring is 1. The molecule has 0 saturated heterocycles. The van der Waals surface area contributed by atoms with Gasteiger partial charge in [-0.05, 0) is 12.1 Å². The molecule has 0 amide bonds. The average molecular weight is 262 g/mol. The Balaban J connectivity index is 3.37. The Kier molecular flexibility index (Phi) is 3.47. The molecule has 0 saturated carbocycles.